The van der Waals surface area contributed by atoms with E-state index in [1.165, 1.54) is 117 Å². The Morgan fingerprint density at radius 1 is 0.397 bits per heavy atom. The highest BCUT2D eigenvalue weighted by atomic mass is 14.2. The molecular weight excluding hydrogens is 697 g/mol. The van der Waals surface area contributed by atoms with Crippen LogP contribution >= 0.6 is 0 Å². The summed E-state index contributed by atoms with van der Waals surface area (Å²) in [5.41, 5.74) is 9.31. The van der Waals surface area contributed by atoms with Gasteiger partial charge in [-0.15, -0.1) is 0 Å². The minimum atomic E-state index is 0.583. The first-order valence-corrected chi connectivity index (χ1v) is 25.0. The van der Waals surface area contributed by atoms with Crippen molar-refractivity contribution in [2.24, 2.45) is 29.1 Å². The summed E-state index contributed by atoms with van der Waals surface area (Å²) in [4.78, 5) is 0. The van der Waals surface area contributed by atoms with Crippen LogP contribution in [0.2, 0.25) is 0 Å². The molecule has 3 aromatic rings. The quantitative estimate of drug-likeness (QED) is 0.192. The van der Waals surface area contributed by atoms with E-state index in [-0.39, 0.29) is 0 Å². The van der Waals surface area contributed by atoms with Crippen molar-refractivity contribution in [3.05, 3.63) is 106 Å². The Morgan fingerprint density at radius 2 is 0.707 bits per heavy atom. The number of hydrogen-bond acceptors (Lipinski definition) is 0. The molecule has 0 unspecified atom stereocenters. The highest BCUT2D eigenvalue weighted by Crippen LogP contribution is 2.32. The maximum Gasteiger partial charge on any atom is -0.0305 e. The third-order valence-corrected chi connectivity index (χ3v) is 12.9. The van der Waals surface area contributed by atoms with E-state index in [4.69, 9.17) is 0 Å². The maximum atomic E-state index is 2.37. The third-order valence-electron chi connectivity index (χ3n) is 12.9. The summed E-state index contributed by atoms with van der Waals surface area (Å²) in [6, 6.07) is 26.2. The van der Waals surface area contributed by atoms with Crippen molar-refractivity contribution < 1.29 is 0 Å². The predicted octanol–water partition coefficient (Wildman–Crippen LogP) is 19.1. The molecule has 0 spiro atoms. The maximum absolute atomic E-state index is 2.37. The van der Waals surface area contributed by atoms with Crippen molar-refractivity contribution in [1.82, 2.24) is 0 Å². The SMILES string of the molecule is CC1CCC(C)CC1.CCC.CCC(C)(C)CC.CCC1CCC(CC)CC1.CCc1ccc(CC)cc1.CCc1cccc(CC)c1.CCc1ccccc1CC. The summed E-state index contributed by atoms with van der Waals surface area (Å²) >= 11 is 0. The lowest BCUT2D eigenvalue weighted by Gasteiger charge is -2.26. The molecule has 0 radical (unpaired) electrons. The first-order valence-electron chi connectivity index (χ1n) is 25.0. The van der Waals surface area contributed by atoms with Crippen molar-refractivity contribution in [2.45, 2.75) is 233 Å². The van der Waals surface area contributed by atoms with Crippen LogP contribution in [0.25, 0.3) is 0 Å². The fourth-order valence-electron chi connectivity index (χ4n) is 7.05. The molecule has 0 aliphatic heterocycles. The van der Waals surface area contributed by atoms with Gasteiger partial charge in [0.25, 0.3) is 0 Å². The molecule has 3 aromatic carbocycles. The summed E-state index contributed by atoms with van der Waals surface area (Å²) < 4.78 is 0. The molecule has 334 valence electrons. The highest BCUT2D eigenvalue weighted by molar-refractivity contribution is 5.27. The average Bonchev–Trinajstić information content (AvgIpc) is 3.28. The van der Waals surface area contributed by atoms with Crippen molar-refractivity contribution >= 4 is 0 Å². The second-order valence-corrected chi connectivity index (χ2v) is 18.2. The number of rotatable bonds is 10. The second kappa shape index (κ2) is 37.6. The van der Waals surface area contributed by atoms with E-state index in [9.17, 15) is 0 Å². The Labute approximate surface area is 366 Å². The fraction of sp³-hybridized carbons (Fsp3) is 0.690. The molecule has 0 N–H and O–H groups in total. The van der Waals surface area contributed by atoms with E-state index >= 15 is 0 Å². The van der Waals surface area contributed by atoms with Crippen LogP contribution < -0.4 is 0 Å². The summed E-state index contributed by atoms with van der Waals surface area (Å²) in [6.07, 6.45) is 25.5. The van der Waals surface area contributed by atoms with Gasteiger partial charge in [0.15, 0.2) is 0 Å². The lowest BCUT2D eigenvalue weighted by Crippen LogP contribution is -2.12. The Balaban J connectivity index is 0. The first-order chi connectivity index (χ1) is 27.8. The van der Waals surface area contributed by atoms with Gasteiger partial charge >= 0.3 is 0 Å². The number of benzene rings is 3. The number of aryl methyl sites for hydroxylation is 6. The van der Waals surface area contributed by atoms with Crippen molar-refractivity contribution in [1.29, 1.82) is 0 Å². The van der Waals surface area contributed by atoms with Crippen LogP contribution in [0, 0.1) is 29.1 Å². The van der Waals surface area contributed by atoms with E-state index in [0.717, 1.165) is 62.2 Å². The standard InChI is InChI=1S/C10H20.3C10H14.C8H16.C7H16.C3H8/c2*1-3-9-5-7-10(4-2)8-6-9;1-3-9-6-5-7-10(4-2)8-9;1-3-9-7-5-6-8-10(9)4-2;1-7-3-5-8(2)6-4-7;1-5-7(3,4)6-2;1-3-2/h9-10H,3-8H2,1-2H3;3*5-8H,3-4H2,1-2H3;7-8H,3-6H2,1-2H3;5-6H2,1-4H3;3H2,1-2H3. The van der Waals surface area contributed by atoms with Crippen LogP contribution in [0.5, 0.6) is 0 Å². The summed E-state index contributed by atoms with van der Waals surface area (Å²) in [5, 5.41) is 0. The zero-order valence-electron chi connectivity index (χ0n) is 42.2. The monoisotopic (exact) mass is 799 g/mol. The van der Waals surface area contributed by atoms with Gasteiger partial charge in [0.2, 0.25) is 0 Å². The molecule has 0 aromatic heterocycles. The van der Waals surface area contributed by atoms with Crippen LogP contribution in [0.15, 0.2) is 72.8 Å². The van der Waals surface area contributed by atoms with Gasteiger partial charge in [-0.2, -0.15) is 0 Å². The summed E-state index contributed by atoms with van der Waals surface area (Å²) in [5.74, 6) is 4.18. The Kier molecular flexibility index (Phi) is 37.5. The van der Waals surface area contributed by atoms with E-state index in [0.29, 0.717) is 5.41 Å². The van der Waals surface area contributed by atoms with Crippen molar-refractivity contribution in [3.8, 4) is 0 Å². The van der Waals surface area contributed by atoms with Crippen LogP contribution in [0.1, 0.15) is 228 Å². The van der Waals surface area contributed by atoms with Crippen LogP contribution in [-0.4, -0.2) is 0 Å². The van der Waals surface area contributed by atoms with Crippen molar-refractivity contribution in [2.75, 3.05) is 0 Å². The van der Waals surface area contributed by atoms with Gasteiger partial charge in [-0.25, -0.2) is 0 Å². The molecular formula is C58H102. The molecule has 0 heteroatoms. The summed E-state index contributed by atoms with van der Waals surface area (Å²) in [6.45, 7) is 35.9. The van der Waals surface area contributed by atoms with Gasteiger partial charge in [0.1, 0.15) is 0 Å². The first kappa shape index (κ1) is 57.8. The molecule has 2 aliphatic rings. The Morgan fingerprint density at radius 3 is 0.931 bits per heavy atom. The molecule has 5 rings (SSSR count). The van der Waals surface area contributed by atoms with Crippen LogP contribution in [0.4, 0.5) is 0 Å². The van der Waals surface area contributed by atoms with Gasteiger partial charge in [-0.1, -0.05) is 267 Å². The van der Waals surface area contributed by atoms with Gasteiger partial charge in [0, 0.05) is 0 Å². The molecule has 0 saturated heterocycles. The lowest BCUT2D eigenvalue weighted by atomic mass is 9.80. The van der Waals surface area contributed by atoms with Gasteiger partial charge < -0.3 is 0 Å². The van der Waals surface area contributed by atoms with Gasteiger partial charge in [-0.3, -0.25) is 0 Å². The normalized spacial score (nSPS) is 18.2. The lowest BCUT2D eigenvalue weighted by molar-refractivity contribution is 0.264. The molecule has 0 amide bonds. The van der Waals surface area contributed by atoms with E-state index in [2.05, 4.69) is 184 Å². The largest absolute Gasteiger partial charge is 0.0656 e. The van der Waals surface area contributed by atoms with Gasteiger partial charge in [0.05, 0.1) is 0 Å². The molecule has 2 saturated carbocycles. The summed E-state index contributed by atoms with van der Waals surface area (Å²) in [7, 11) is 0. The van der Waals surface area contributed by atoms with Crippen LogP contribution in [-0.2, 0) is 38.5 Å². The Bertz CT molecular complexity index is 1190. The van der Waals surface area contributed by atoms with E-state index < -0.39 is 0 Å². The zero-order chi connectivity index (χ0) is 44.2. The third kappa shape index (κ3) is 29.8. The molecule has 0 heterocycles. The van der Waals surface area contributed by atoms with Crippen LogP contribution in [0.3, 0.4) is 0 Å². The number of hydrogen-bond donors (Lipinski definition) is 0. The average molecular weight is 799 g/mol. The second-order valence-electron chi connectivity index (χ2n) is 18.2. The molecule has 0 atom stereocenters. The molecule has 2 aliphatic carbocycles. The Hall–Kier alpha value is -2.34. The highest BCUT2D eigenvalue weighted by Gasteiger charge is 2.18. The molecule has 0 bridgehead atoms. The predicted molar refractivity (Wildman–Crippen MR) is 269 cm³/mol. The minimum Gasteiger partial charge on any atom is -0.0656 e. The topological polar surface area (TPSA) is 0 Å². The van der Waals surface area contributed by atoms with E-state index in [1.54, 1.807) is 0 Å². The molecule has 2 fully saturated rings. The molecule has 0 nitrogen and oxygen atoms in total. The fourth-order valence-corrected chi connectivity index (χ4v) is 7.05. The zero-order valence-corrected chi connectivity index (χ0v) is 42.2. The minimum absolute atomic E-state index is 0.583. The van der Waals surface area contributed by atoms with Crippen molar-refractivity contribution in [3.63, 3.8) is 0 Å². The smallest absolute Gasteiger partial charge is 0.0305 e. The van der Waals surface area contributed by atoms with Gasteiger partial charge in [-0.05, 0) is 101 Å². The molecule has 58 heavy (non-hydrogen) atoms. The van der Waals surface area contributed by atoms with E-state index in [1.807, 2.05) is 0 Å².